The second-order valence-corrected chi connectivity index (χ2v) is 15.1. The molecule has 2 heteroatoms. The van der Waals surface area contributed by atoms with Gasteiger partial charge in [-0.3, -0.25) is 0 Å². The van der Waals surface area contributed by atoms with Crippen LogP contribution >= 0.6 is 0 Å². The zero-order valence-electron chi connectivity index (χ0n) is 30.8. The van der Waals surface area contributed by atoms with Crippen LogP contribution in [0.25, 0.3) is 22.9 Å². The quantitative estimate of drug-likeness (QED) is 0.170. The van der Waals surface area contributed by atoms with Crippen molar-refractivity contribution < 1.29 is 0 Å². The van der Waals surface area contributed by atoms with Crippen molar-refractivity contribution >= 4 is 51.4 Å². The van der Waals surface area contributed by atoms with Crippen LogP contribution in [0.3, 0.4) is 0 Å². The summed E-state index contributed by atoms with van der Waals surface area (Å²) in [5.74, 6) is 0.392. The first-order valence-corrected chi connectivity index (χ1v) is 17.9. The highest BCUT2D eigenvalue weighted by molar-refractivity contribution is 6.07. The van der Waals surface area contributed by atoms with Crippen LogP contribution in [0.1, 0.15) is 67.0 Å². The van der Waals surface area contributed by atoms with E-state index in [0.717, 1.165) is 12.8 Å². The highest BCUT2D eigenvalue weighted by atomic mass is 15.2. The topological polar surface area (TPSA) is 6.48 Å². The monoisotopic (exact) mass is 642 g/mol. The van der Waals surface area contributed by atoms with Crippen LogP contribution in [0, 0.1) is 52.9 Å². The molecule has 2 aliphatic carbocycles. The minimum Gasteiger partial charge on any atom is -0.310 e. The number of aryl methyl sites for hydroxylation is 6. The number of hydrogen-bond acceptors (Lipinski definition) is 2. The molecule has 1 atom stereocenters. The van der Waals surface area contributed by atoms with Gasteiger partial charge in [-0.15, -0.1) is 0 Å². The lowest BCUT2D eigenvalue weighted by Crippen LogP contribution is -2.38. The fraction of sp³-hybridized carbons (Fsp3) is 0.277. The van der Waals surface area contributed by atoms with Crippen LogP contribution in [-0.4, -0.2) is 0 Å². The van der Waals surface area contributed by atoms with Gasteiger partial charge < -0.3 is 9.80 Å². The fourth-order valence-corrected chi connectivity index (χ4v) is 7.33. The SMILES string of the molecule is Cc1ccc(N(C2=CC(C)C(C)(C)C=C2)c2c3c(c(N(c4ccc(C)c(C)c4)c4ccc(C)c(C)c4)c4ccccc24)=CCCC=3)cc1C. The Morgan fingerprint density at radius 1 is 0.551 bits per heavy atom. The van der Waals surface area contributed by atoms with E-state index in [1.165, 1.54) is 88.7 Å². The zero-order chi connectivity index (χ0) is 34.6. The molecule has 0 N–H and O–H groups in total. The van der Waals surface area contributed by atoms with Crippen molar-refractivity contribution in [1.29, 1.82) is 0 Å². The van der Waals surface area contributed by atoms with E-state index in [1.807, 2.05) is 0 Å². The molecule has 0 radical (unpaired) electrons. The Morgan fingerprint density at radius 3 is 1.41 bits per heavy atom. The number of rotatable bonds is 6. The molecule has 0 saturated heterocycles. The molecule has 0 spiro atoms. The average molecular weight is 643 g/mol. The van der Waals surface area contributed by atoms with Crippen molar-refractivity contribution in [3.05, 3.63) is 147 Å². The number of allylic oxidation sites excluding steroid dienone is 3. The van der Waals surface area contributed by atoms with Crippen molar-refractivity contribution in [2.45, 2.75) is 75.2 Å². The molecule has 0 bridgehead atoms. The smallest absolute Gasteiger partial charge is 0.0616 e. The summed E-state index contributed by atoms with van der Waals surface area (Å²) in [6.45, 7) is 20.3. The van der Waals surface area contributed by atoms with Crippen molar-refractivity contribution in [3.8, 4) is 0 Å². The molecular weight excluding hydrogens is 593 g/mol. The molecule has 248 valence electrons. The molecule has 49 heavy (non-hydrogen) atoms. The van der Waals surface area contributed by atoms with Gasteiger partial charge in [0.05, 0.1) is 11.4 Å². The van der Waals surface area contributed by atoms with Crippen LogP contribution in [-0.2, 0) is 0 Å². The van der Waals surface area contributed by atoms with Gasteiger partial charge in [-0.2, -0.15) is 0 Å². The molecule has 0 saturated carbocycles. The number of fused-ring (bicyclic) bond motifs is 2. The van der Waals surface area contributed by atoms with E-state index in [-0.39, 0.29) is 5.41 Å². The first-order valence-electron chi connectivity index (χ1n) is 17.9. The maximum atomic E-state index is 2.55. The largest absolute Gasteiger partial charge is 0.310 e. The zero-order valence-corrected chi connectivity index (χ0v) is 30.8. The summed E-state index contributed by atoms with van der Waals surface area (Å²) < 4.78 is 0. The summed E-state index contributed by atoms with van der Waals surface area (Å²) in [5.41, 5.74) is 15.2. The fourth-order valence-electron chi connectivity index (χ4n) is 7.33. The number of nitrogens with zero attached hydrogens (tertiary/aromatic N) is 2. The van der Waals surface area contributed by atoms with Gasteiger partial charge in [-0.25, -0.2) is 0 Å². The molecule has 5 aromatic rings. The van der Waals surface area contributed by atoms with Gasteiger partial charge >= 0.3 is 0 Å². The summed E-state index contributed by atoms with van der Waals surface area (Å²) in [5, 5.41) is 5.12. The predicted molar refractivity (Wildman–Crippen MR) is 213 cm³/mol. The molecule has 0 amide bonds. The third-order valence-corrected chi connectivity index (χ3v) is 11.3. The van der Waals surface area contributed by atoms with Crippen LogP contribution < -0.4 is 20.2 Å². The van der Waals surface area contributed by atoms with Gasteiger partial charge in [0.25, 0.3) is 0 Å². The molecular formula is C47H50N2. The van der Waals surface area contributed by atoms with E-state index in [9.17, 15) is 0 Å². The van der Waals surface area contributed by atoms with E-state index in [0.29, 0.717) is 5.92 Å². The van der Waals surface area contributed by atoms with Crippen molar-refractivity contribution in [2.75, 3.05) is 9.80 Å². The van der Waals surface area contributed by atoms with Gasteiger partial charge in [-0.05, 0) is 142 Å². The van der Waals surface area contributed by atoms with Gasteiger partial charge in [0.1, 0.15) is 0 Å². The molecule has 1 unspecified atom stereocenters. The predicted octanol–water partition coefficient (Wildman–Crippen LogP) is 11.8. The Kier molecular flexibility index (Phi) is 8.39. The highest BCUT2D eigenvalue weighted by Gasteiger charge is 2.30. The Bertz CT molecular complexity index is 2250. The maximum absolute atomic E-state index is 2.55. The number of anilines is 5. The lowest BCUT2D eigenvalue weighted by Gasteiger charge is -2.37. The summed E-state index contributed by atoms with van der Waals surface area (Å²) in [4.78, 5) is 5.07. The molecule has 2 aliphatic rings. The normalized spacial score (nSPS) is 16.4. The molecule has 0 aromatic heterocycles. The van der Waals surface area contributed by atoms with Crippen molar-refractivity contribution in [2.24, 2.45) is 11.3 Å². The third kappa shape index (κ3) is 5.82. The van der Waals surface area contributed by atoms with E-state index in [4.69, 9.17) is 0 Å². The van der Waals surface area contributed by atoms with Gasteiger partial charge in [0.2, 0.25) is 0 Å². The Hall–Kier alpha value is -4.82. The molecule has 0 heterocycles. The second kappa shape index (κ2) is 12.6. The minimum atomic E-state index is 0.0997. The molecule has 0 fully saturated rings. The Morgan fingerprint density at radius 2 is 0.980 bits per heavy atom. The molecule has 0 aliphatic heterocycles. The second-order valence-electron chi connectivity index (χ2n) is 15.1. The number of hydrogen-bond donors (Lipinski definition) is 0. The third-order valence-electron chi connectivity index (χ3n) is 11.3. The average Bonchev–Trinajstić information content (AvgIpc) is 3.08. The van der Waals surface area contributed by atoms with Crippen molar-refractivity contribution in [1.82, 2.24) is 0 Å². The summed E-state index contributed by atoms with van der Waals surface area (Å²) in [6, 6.07) is 29.9. The lowest BCUT2D eigenvalue weighted by atomic mass is 9.76. The van der Waals surface area contributed by atoms with Crippen LogP contribution in [0.2, 0.25) is 0 Å². The number of benzene rings is 5. The standard InChI is InChI=1S/C47H50N2/c1-30-18-21-37(26-33(30)4)48(38-22-19-31(2)34(5)27-38)45-41-14-10-12-16-43(41)46(44-17-13-11-15-42(44)45)49(39-23-20-32(3)35(6)28-39)40-24-25-47(8,9)36(7)29-40/h10,12,14-29,36H,11,13H2,1-9H3. The van der Waals surface area contributed by atoms with Gasteiger partial charge in [-0.1, -0.05) is 87.5 Å². The molecule has 2 nitrogen and oxygen atoms in total. The van der Waals surface area contributed by atoms with E-state index in [2.05, 4.69) is 181 Å². The molecule has 5 aromatic carbocycles. The summed E-state index contributed by atoms with van der Waals surface area (Å²) >= 11 is 0. The summed E-state index contributed by atoms with van der Waals surface area (Å²) in [7, 11) is 0. The molecule has 7 rings (SSSR count). The maximum Gasteiger partial charge on any atom is 0.0616 e. The van der Waals surface area contributed by atoms with Crippen LogP contribution in [0.15, 0.2) is 103 Å². The van der Waals surface area contributed by atoms with Gasteiger partial charge in [0, 0.05) is 44.0 Å². The van der Waals surface area contributed by atoms with E-state index in [1.54, 1.807) is 0 Å². The van der Waals surface area contributed by atoms with Crippen LogP contribution in [0.4, 0.5) is 28.4 Å². The van der Waals surface area contributed by atoms with E-state index >= 15 is 0 Å². The van der Waals surface area contributed by atoms with Gasteiger partial charge in [0.15, 0.2) is 0 Å². The highest BCUT2D eigenvalue weighted by Crippen LogP contribution is 2.44. The Balaban J connectivity index is 1.61. The minimum absolute atomic E-state index is 0.0997. The first-order chi connectivity index (χ1) is 23.4. The lowest BCUT2D eigenvalue weighted by molar-refractivity contribution is 0.361. The van der Waals surface area contributed by atoms with Crippen molar-refractivity contribution in [3.63, 3.8) is 0 Å². The van der Waals surface area contributed by atoms with E-state index < -0.39 is 0 Å². The van der Waals surface area contributed by atoms with Crippen LogP contribution in [0.5, 0.6) is 0 Å². The first kappa shape index (κ1) is 32.7. The Labute approximate surface area is 293 Å². The summed E-state index contributed by atoms with van der Waals surface area (Å²) in [6.07, 6.45) is 14.3.